The van der Waals surface area contributed by atoms with Crippen LogP contribution < -0.4 is 5.32 Å². The summed E-state index contributed by atoms with van der Waals surface area (Å²) < 4.78 is 13.2. The summed E-state index contributed by atoms with van der Waals surface area (Å²) in [6.07, 6.45) is 0.526. The summed E-state index contributed by atoms with van der Waals surface area (Å²) in [5, 5.41) is 13.2. The standard InChI is InChI=1S/C11H10ClFN2O2/c1-2-3-4-5-14-10-7-9(13)8(12)6-11(10)15(16)17/h6-7,14H,4-5H2,1H3. The van der Waals surface area contributed by atoms with Gasteiger partial charge in [-0.15, -0.1) is 11.8 Å². The molecule has 90 valence electrons. The van der Waals surface area contributed by atoms with Gasteiger partial charge in [-0.05, 0) is 6.92 Å². The molecule has 0 saturated heterocycles. The van der Waals surface area contributed by atoms with Gasteiger partial charge in [0, 0.05) is 25.1 Å². The van der Waals surface area contributed by atoms with E-state index in [-0.39, 0.29) is 16.4 Å². The molecule has 0 amide bonds. The van der Waals surface area contributed by atoms with E-state index in [1.54, 1.807) is 6.92 Å². The predicted octanol–water partition coefficient (Wildman–Crippen LogP) is 3.21. The third kappa shape index (κ3) is 3.61. The highest BCUT2D eigenvalue weighted by Gasteiger charge is 2.17. The van der Waals surface area contributed by atoms with E-state index in [4.69, 9.17) is 11.6 Å². The van der Waals surface area contributed by atoms with Gasteiger partial charge in [-0.2, -0.15) is 0 Å². The van der Waals surface area contributed by atoms with Crippen LogP contribution in [0.5, 0.6) is 0 Å². The Labute approximate surface area is 103 Å². The highest BCUT2D eigenvalue weighted by atomic mass is 35.5. The van der Waals surface area contributed by atoms with Crippen molar-refractivity contribution in [1.82, 2.24) is 0 Å². The molecule has 0 aliphatic rings. The molecule has 1 aromatic rings. The van der Waals surface area contributed by atoms with E-state index in [1.807, 2.05) is 0 Å². The molecule has 0 aromatic heterocycles. The first-order valence-corrected chi connectivity index (χ1v) is 5.21. The van der Waals surface area contributed by atoms with Crippen molar-refractivity contribution in [1.29, 1.82) is 0 Å². The minimum absolute atomic E-state index is 0.106. The van der Waals surface area contributed by atoms with Crippen molar-refractivity contribution in [3.05, 3.63) is 33.1 Å². The van der Waals surface area contributed by atoms with Crippen LogP contribution >= 0.6 is 11.6 Å². The summed E-state index contributed by atoms with van der Waals surface area (Å²) in [6, 6.07) is 2.00. The van der Waals surface area contributed by atoms with E-state index in [0.717, 1.165) is 12.1 Å². The quantitative estimate of drug-likeness (QED) is 0.389. The minimum Gasteiger partial charge on any atom is -0.378 e. The fourth-order valence-electron chi connectivity index (χ4n) is 1.21. The number of nitrogens with zero attached hydrogens (tertiary/aromatic N) is 1. The molecular formula is C11H10ClFN2O2. The summed E-state index contributed by atoms with van der Waals surface area (Å²) in [5.41, 5.74) is -0.143. The Morgan fingerprint density at radius 3 is 2.88 bits per heavy atom. The van der Waals surface area contributed by atoms with Crippen LogP contribution in [0, 0.1) is 27.8 Å². The Morgan fingerprint density at radius 2 is 2.29 bits per heavy atom. The van der Waals surface area contributed by atoms with E-state index in [9.17, 15) is 14.5 Å². The van der Waals surface area contributed by atoms with Gasteiger partial charge in [0.05, 0.1) is 9.95 Å². The molecule has 17 heavy (non-hydrogen) atoms. The molecule has 0 heterocycles. The van der Waals surface area contributed by atoms with Gasteiger partial charge < -0.3 is 5.32 Å². The number of nitro benzene ring substituents is 1. The third-order valence-electron chi connectivity index (χ3n) is 1.98. The second-order valence-corrected chi connectivity index (χ2v) is 3.55. The number of hydrogen-bond acceptors (Lipinski definition) is 3. The van der Waals surface area contributed by atoms with Crippen LogP contribution in [0.2, 0.25) is 5.02 Å². The van der Waals surface area contributed by atoms with Crippen LogP contribution in [0.4, 0.5) is 15.8 Å². The second-order valence-electron chi connectivity index (χ2n) is 3.14. The molecule has 0 aliphatic carbocycles. The SMILES string of the molecule is CC#CCCNc1cc(F)c(Cl)cc1[N+](=O)[O-]. The summed E-state index contributed by atoms with van der Waals surface area (Å²) in [7, 11) is 0. The van der Waals surface area contributed by atoms with Crippen molar-refractivity contribution in [2.45, 2.75) is 13.3 Å². The molecule has 0 saturated carbocycles. The van der Waals surface area contributed by atoms with E-state index >= 15 is 0 Å². The average Bonchev–Trinajstić information content (AvgIpc) is 2.28. The Kier molecular flexibility index (Phi) is 4.73. The summed E-state index contributed by atoms with van der Waals surface area (Å²) in [4.78, 5) is 10.1. The summed E-state index contributed by atoms with van der Waals surface area (Å²) in [5.74, 6) is 4.79. The van der Waals surface area contributed by atoms with Crippen LogP contribution in [-0.2, 0) is 0 Å². The highest BCUT2D eigenvalue weighted by Crippen LogP contribution is 2.30. The zero-order valence-electron chi connectivity index (χ0n) is 9.09. The molecule has 1 N–H and O–H groups in total. The maximum Gasteiger partial charge on any atom is 0.294 e. The number of anilines is 1. The lowest BCUT2D eigenvalue weighted by molar-refractivity contribution is -0.384. The highest BCUT2D eigenvalue weighted by molar-refractivity contribution is 6.31. The lowest BCUT2D eigenvalue weighted by Gasteiger charge is -2.06. The maximum atomic E-state index is 13.2. The van der Waals surface area contributed by atoms with Gasteiger partial charge in [-0.3, -0.25) is 10.1 Å². The normalized spacial score (nSPS) is 9.35. The Hall–Kier alpha value is -1.80. The molecular weight excluding hydrogens is 247 g/mol. The van der Waals surface area contributed by atoms with Crippen molar-refractivity contribution >= 4 is 23.0 Å². The zero-order chi connectivity index (χ0) is 12.8. The van der Waals surface area contributed by atoms with Gasteiger partial charge in [0.25, 0.3) is 5.69 Å². The van der Waals surface area contributed by atoms with Crippen molar-refractivity contribution in [3.63, 3.8) is 0 Å². The van der Waals surface area contributed by atoms with Crippen LogP contribution in [0.25, 0.3) is 0 Å². The van der Waals surface area contributed by atoms with Gasteiger partial charge in [0.2, 0.25) is 0 Å². The molecule has 1 aromatic carbocycles. The zero-order valence-corrected chi connectivity index (χ0v) is 9.84. The van der Waals surface area contributed by atoms with Crippen LogP contribution in [0.3, 0.4) is 0 Å². The maximum absolute atomic E-state index is 13.2. The summed E-state index contributed by atoms with van der Waals surface area (Å²) >= 11 is 5.48. The number of rotatable bonds is 4. The van der Waals surface area contributed by atoms with E-state index < -0.39 is 10.7 Å². The number of nitro groups is 1. The molecule has 0 unspecified atom stereocenters. The number of nitrogens with one attached hydrogen (secondary N) is 1. The fourth-order valence-corrected chi connectivity index (χ4v) is 1.37. The first-order chi connectivity index (χ1) is 8.06. The molecule has 0 bridgehead atoms. The first-order valence-electron chi connectivity index (χ1n) is 4.83. The van der Waals surface area contributed by atoms with Gasteiger partial charge in [-0.1, -0.05) is 11.6 Å². The molecule has 6 heteroatoms. The third-order valence-corrected chi connectivity index (χ3v) is 2.27. The molecule has 1 rings (SSSR count). The van der Waals surface area contributed by atoms with Crippen molar-refractivity contribution in [2.75, 3.05) is 11.9 Å². The van der Waals surface area contributed by atoms with Crippen molar-refractivity contribution in [3.8, 4) is 11.8 Å². The lowest BCUT2D eigenvalue weighted by Crippen LogP contribution is -2.04. The Balaban J connectivity index is 2.91. The monoisotopic (exact) mass is 256 g/mol. The minimum atomic E-state index is -0.693. The molecule has 0 fully saturated rings. The smallest absolute Gasteiger partial charge is 0.294 e. The molecule has 0 spiro atoms. The molecule has 4 nitrogen and oxygen atoms in total. The largest absolute Gasteiger partial charge is 0.378 e. The van der Waals surface area contributed by atoms with Crippen LogP contribution in [0.1, 0.15) is 13.3 Å². The van der Waals surface area contributed by atoms with Crippen molar-refractivity contribution < 1.29 is 9.31 Å². The molecule has 0 radical (unpaired) electrons. The van der Waals surface area contributed by atoms with Gasteiger partial charge >= 0.3 is 0 Å². The number of halogens is 2. The van der Waals surface area contributed by atoms with Crippen molar-refractivity contribution in [2.24, 2.45) is 0 Å². The predicted molar refractivity (Wildman–Crippen MR) is 64.6 cm³/mol. The Morgan fingerprint density at radius 1 is 1.59 bits per heavy atom. The molecule has 0 atom stereocenters. The van der Waals surface area contributed by atoms with E-state index in [1.165, 1.54) is 0 Å². The average molecular weight is 257 g/mol. The first kappa shape index (κ1) is 13.3. The van der Waals surface area contributed by atoms with Crippen LogP contribution in [0.15, 0.2) is 12.1 Å². The topological polar surface area (TPSA) is 55.2 Å². The summed E-state index contributed by atoms with van der Waals surface area (Å²) in [6.45, 7) is 2.10. The van der Waals surface area contributed by atoms with E-state index in [2.05, 4.69) is 17.2 Å². The Bertz CT molecular complexity index is 494. The fraction of sp³-hybridized carbons (Fsp3) is 0.273. The van der Waals surface area contributed by atoms with Gasteiger partial charge in [0.15, 0.2) is 0 Å². The van der Waals surface area contributed by atoms with E-state index in [0.29, 0.717) is 13.0 Å². The van der Waals surface area contributed by atoms with Gasteiger partial charge in [-0.25, -0.2) is 4.39 Å². The lowest BCUT2D eigenvalue weighted by atomic mass is 10.2. The number of hydrogen-bond donors (Lipinski definition) is 1. The van der Waals surface area contributed by atoms with Gasteiger partial charge in [0.1, 0.15) is 11.5 Å². The van der Waals surface area contributed by atoms with Crippen LogP contribution in [-0.4, -0.2) is 11.5 Å². The number of benzene rings is 1. The second kappa shape index (κ2) is 6.06. The molecule has 0 aliphatic heterocycles.